The first-order chi connectivity index (χ1) is 14.0. The van der Waals surface area contributed by atoms with Crippen molar-refractivity contribution in [1.82, 2.24) is 4.98 Å². The molecule has 0 unspecified atom stereocenters. The number of nitrogens with zero attached hydrogens (tertiary/aromatic N) is 1. The van der Waals surface area contributed by atoms with Crippen LogP contribution < -0.4 is 0 Å². The van der Waals surface area contributed by atoms with Crippen molar-refractivity contribution in [2.45, 2.75) is 27.2 Å². The summed E-state index contributed by atoms with van der Waals surface area (Å²) in [5, 5.41) is 4.03. The first kappa shape index (κ1) is 17.9. The van der Waals surface area contributed by atoms with Crippen molar-refractivity contribution in [2.24, 2.45) is 5.92 Å². The van der Waals surface area contributed by atoms with Gasteiger partial charge in [0.05, 0.1) is 5.69 Å². The second kappa shape index (κ2) is 6.70. The van der Waals surface area contributed by atoms with E-state index >= 15 is 0 Å². The minimum Gasteiger partial charge on any atom is -0.455 e. The number of furan rings is 1. The number of aromatic nitrogens is 1. The van der Waals surface area contributed by atoms with Crippen molar-refractivity contribution >= 4 is 32.7 Å². The van der Waals surface area contributed by atoms with Gasteiger partial charge in [0.2, 0.25) is 0 Å². The Labute approximate surface area is 169 Å². The number of rotatable bonds is 3. The van der Waals surface area contributed by atoms with E-state index in [1.54, 1.807) is 12.1 Å². The van der Waals surface area contributed by atoms with E-state index in [4.69, 9.17) is 4.42 Å². The number of halogens is 1. The summed E-state index contributed by atoms with van der Waals surface area (Å²) in [6.45, 7) is 6.37. The van der Waals surface area contributed by atoms with Gasteiger partial charge in [-0.1, -0.05) is 32.0 Å². The molecule has 144 valence electrons. The number of para-hydroxylation sites is 1. The lowest BCUT2D eigenvalue weighted by molar-refractivity contribution is 0.616. The fourth-order valence-electron chi connectivity index (χ4n) is 4.29. The van der Waals surface area contributed by atoms with E-state index in [1.165, 1.54) is 0 Å². The molecule has 2 nitrogen and oxygen atoms in total. The van der Waals surface area contributed by atoms with Crippen LogP contribution in [0.3, 0.4) is 0 Å². The summed E-state index contributed by atoms with van der Waals surface area (Å²) < 4.78 is 20.8. The zero-order valence-corrected chi connectivity index (χ0v) is 16.8. The maximum atomic E-state index is 14.6. The molecule has 0 saturated heterocycles. The van der Waals surface area contributed by atoms with Gasteiger partial charge in [0.15, 0.2) is 0 Å². The molecule has 0 N–H and O–H groups in total. The van der Waals surface area contributed by atoms with Crippen molar-refractivity contribution in [3.63, 3.8) is 0 Å². The van der Waals surface area contributed by atoms with Gasteiger partial charge in [0.1, 0.15) is 17.0 Å². The van der Waals surface area contributed by atoms with Gasteiger partial charge < -0.3 is 4.42 Å². The molecule has 5 rings (SSSR count). The molecule has 3 heteroatoms. The van der Waals surface area contributed by atoms with Crippen LogP contribution in [0.4, 0.5) is 4.39 Å². The lowest BCUT2D eigenvalue weighted by Gasteiger charge is -2.13. The Morgan fingerprint density at radius 2 is 1.76 bits per heavy atom. The molecule has 0 bridgehead atoms. The van der Waals surface area contributed by atoms with Crippen LogP contribution in [-0.2, 0) is 6.42 Å². The average molecular weight is 383 g/mol. The van der Waals surface area contributed by atoms with Crippen LogP contribution in [0.5, 0.6) is 0 Å². The van der Waals surface area contributed by atoms with Crippen LogP contribution >= 0.6 is 0 Å². The first-order valence-corrected chi connectivity index (χ1v) is 10.0. The molecule has 5 aromatic rings. The van der Waals surface area contributed by atoms with Gasteiger partial charge in [-0.3, -0.25) is 4.98 Å². The molecule has 0 atom stereocenters. The van der Waals surface area contributed by atoms with Crippen LogP contribution in [0.15, 0.2) is 65.2 Å². The number of fused-ring (bicyclic) bond motifs is 4. The van der Waals surface area contributed by atoms with Gasteiger partial charge in [-0.15, -0.1) is 0 Å². The number of hydrogen-bond acceptors (Lipinski definition) is 2. The molecule has 0 aliphatic rings. The molecular weight excluding hydrogens is 361 g/mol. The predicted molar refractivity (Wildman–Crippen MR) is 118 cm³/mol. The van der Waals surface area contributed by atoms with Crippen molar-refractivity contribution < 1.29 is 8.81 Å². The third-order valence-electron chi connectivity index (χ3n) is 5.44. The van der Waals surface area contributed by atoms with E-state index in [0.717, 1.165) is 61.5 Å². The van der Waals surface area contributed by atoms with Crippen LogP contribution in [0.2, 0.25) is 0 Å². The summed E-state index contributed by atoms with van der Waals surface area (Å²) in [5.74, 6) is 0.216. The summed E-state index contributed by atoms with van der Waals surface area (Å²) in [6.07, 6.45) is 2.64. The molecule has 0 amide bonds. The van der Waals surface area contributed by atoms with Gasteiger partial charge in [-0.05, 0) is 72.2 Å². The zero-order valence-electron chi connectivity index (χ0n) is 16.8. The van der Waals surface area contributed by atoms with Crippen molar-refractivity contribution in [2.75, 3.05) is 0 Å². The van der Waals surface area contributed by atoms with Gasteiger partial charge in [0.25, 0.3) is 0 Å². The minimum absolute atomic E-state index is 0.226. The number of hydrogen-bond donors (Lipinski definition) is 0. The summed E-state index contributed by atoms with van der Waals surface area (Å²) in [7, 11) is 0. The van der Waals surface area contributed by atoms with E-state index in [-0.39, 0.29) is 5.82 Å². The third kappa shape index (κ3) is 2.98. The highest BCUT2D eigenvalue weighted by Gasteiger charge is 2.17. The smallest absolute Gasteiger partial charge is 0.144 e. The largest absolute Gasteiger partial charge is 0.455 e. The molecule has 3 aromatic carbocycles. The van der Waals surface area contributed by atoms with Crippen LogP contribution in [0.25, 0.3) is 44.0 Å². The SMILES string of the molecule is Cc1cc(-c2nccc3c(CC(C)C)cc(F)cc23)c2oc3ccccc3c2c1. The van der Waals surface area contributed by atoms with Gasteiger partial charge >= 0.3 is 0 Å². The molecule has 2 aromatic heterocycles. The summed E-state index contributed by atoms with van der Waals surface area (Å²) >= 11 is 0. The lowest BCUT2D eigenvalue weighted by Crippen LogP contribution is -1.98. The first-order valence-electron chi connectivity index (χ1n) is 10.0. The highest BCUT2D eigenvalue weighted by Crippen LogP contribution is 2.39. The summed E-state index contributed by atoms with van der Waals surface area (Å²) in [4.78, 5) is 4.67. The molecule has 0 aliphatic carbocycles. The quantitative estimate of drug-likeness (QED) is 0.323. The summed E-state index contributed by atoms with van der Waals surface area (Å²) in [5.41, 5.74) is 5.46. The topological polar surface area (TPSA) is 26.0 Å². The Morgan fingerprint density at radius 1 is 0.931 bits per heavy atom. The molecule has 2 heterocycles. The standard InChI is InChI=1S/C26H22FNO/c1-15(2)10-17-13-18(27)14-21-19(17)8-9-28-25(21)23-12-16(3)11-22-20-6-4-5-7-24(20)29-26(22)23/h4-9,11-15H,10H2,1-3H3. The van der Waals surface area contributed by atoms with E-state index in [0.29, 0.717) is 5.92 Å². The Morgan fingerprint density at radius 3 is 2.59 bits per heavy atom. The second-order valence-corrected chi connectivity index (χ2v) is 8.20. The molecule has 0 saturated carbocycles. The third-order valence-corrected chi connectivity index (χ3v) is 5.44. The van der Waals surface area contributed by atoms with Crippen molar-refractivity contribution in [3.8, 4) is 11.3 Å². The maximum absolute atomic E-state index is 14.6. The van der Waals surface area contributed by atoms with Crippen molar-refractivity contribution in [3.05, 3.63) is 77.7 Å². The van der Waals surface area contributed by atoms with E-state index in [2.05, 4.69) is 44.0 Å². The maximum Gasteiger partial charge on any atom is 0.144 e. The van der Waals surface area contributed by atoms with Crippen LogP contribution in [0, 0.1) is 18.7 Å². The Hall–Kier alpha value is -3.20. The van der Waals surface area contributed by atoms with Gasteiger partial charge in [0, 0.05) is 27.9 Å². The molecule has 0 fully saturated rings. The van der Waals surface area contributed by atoms with E-state index in [1.807, 2.05) is 30.5 Å². The van der Waals surface area contributed by atoms with Crippen molar-refractivity contribution in [1.29, 1.82) is 0 Å². The second-order valence-electron chi connectivity index (χ2n) is 8.20. The van der Waals surface area contributed by atoms with Gasteiger partial charge in [-0.2, -0.15) is 0 Å². The van der Waals surface area contributed by atoms with E-state index < -0.39 is 0 Å². The number of pyridine rings is 1. The van der Waals surface area contributed by atoms with Gasteiger partial charge in [-0.25, -0.2) is 4.39 Å². The summed E-state index contributed by atoms with van der Waals surface area (Å²) in [6, 6.07) is 17.5. The minimum atomic E-state index is -0.226. The molecule has 29 heavy (non-hydrogen) atoms. The fraction of sp³-hybridized carbons (Fsp3) is 0.192. The number of benzene rings is 3. The van der Waals surface area contributed by atoms with Crippen LogP contribution in [0.1, 0.15) is 25.0 Å². The highest BCUT2D eigenvalue weighted by molar-refractivity contribution is 6.12. The molecule has 0 aliphatic heterocycles. The average Bonchev–Trinajstić information content (AvgIpc) is 3.05. The Kier molecular flexibility index (Phi) is 4.13. The molecule has 0 spiro atoms. The highest BCUT2D eigenvalue weighted by atomic mass is 19.1. The Bertz CT molecular complexity index is 1380. The Balaban J connectivity index is 1.87. The molecule has 0 radical (unpaired) electrons. The van der Waals surface area contributed by atoms with E-state index in [9.17, 15) is 4.39 Å². The number of aryl methyl sites for hydroxylation is 1. The molecular formula is C26H22FNO. The zero-order chi connectivity index (χ0) is 20.1. The normalized spacial score (nSPS) is 11.9. The fourth-order valence-corrected chi connectivity index (χ4v) is 4.29. The van der Waals surface area contributed by atoms with Crippen LogP contribution in [-0.4, -0.2) is 4.98 Å². The lowest BCUT2D eigenvalue weighted by atomic mass is 9.94. The monoisotopic (exact) mass is 383 g/mol. The predicted octanol–water partition coefficient (Wildman–Crippen LogP) is 7.45.